The van der Waals surface area contributed by atoms with Crippen LogP contribution in [0.1, 0.15) is 12.8 Å². The van der Waals surface area contributed by atoms with Gasteiger partial charge in [0.15, 0.2) is 0 Å². The molecule has 0 bridgehead atoms. The van der Waals surface area contributed by atoms with Crippen molar-refractivity contribution in [3.8, 4) is 0 Å². The molecule has 9 heavy (non-hydrogen) atoms. The summed E-state index contributed by atoms with van der Waals surface area (Å²) >= 11 is 4.24. The molecule has 2 rings (SSSR count). The molecule has 0 radical (unpaired) electrons. The van der Waals surface area contributed by atoms with Crippen molar-refractivity contribution < 1.29 is 4.74 Å². The lowest BCUT2D eigenvalue weighted by atomic mass is 10.00. The molecule has 0 unspecified atom stereocenters. The molecule has 2 aliphatic heterocycles. The first-order valence-electron chi connectivity index (χ1n) is 3.39. The van der Waals surface area contributed by atoms with E-state index in [2.05, 4.69) is 17.1 Å². The van der Waals surface area contributed by atoms with Gasteiger partial charge in [-0.2, -0.15) is 0 Å². The van der Waals surface area contributed by atoms with Crippen molar-refractivity contribution in [2.24, 2.45) is 0 Å². The first-order valence-corrected chi connectivity index (χ1v) is 3.79. The van der Waals surface area contributed by atoms with Crippen molar-refractivity contribution >= 4 is 12.8 Å². The van der Waals surface area contributed by atoms with E-state index >= 15 is 0 Å². The van der Waals surface area contributed by atoms with Gasteiger partial charge >= 0.3 is 0 Å². The second kappa shape index (κ2) is 1.87. The second-order valence-corrected chi connectivity index (χ2v) is 3.49. The molecule has 1 spiro atoms. The minimum Gasteiger partial charge on any atom is -0.369 e. The maximum Gasteiger partial charge on any atom is 0.0941 e. The van der Waals surface area contributed by atoms with Crippen molar-refractivity contribution in [3.05, 3.63) is 0 Å². The van der Waals surface area contributed by atoms with Gasteiger partial charge in [-0.15, -0.1) is 0 Å². The van der Waals surface area contributed by atoms with Crippen LogP contribution in [0.5, 0.6) is 0 Å². The quantitative estimate of drug-likeness (QED) is 0.399. The van der Waals surface area contributed by atoms with Crippen LogP contribution in [-0.2, 0) is 4.74 Å². The van der Waals surface area contributed by atoms with Crippen molar-refractivity contribution in [1.29, 1.82) is 0 Å². The van der Waals surface area contributed by atoms with Gasteiger partial charge in [0.1, 0.15) is 0 Å². The summed E-state index contributed by atoms with van der Waals surface area (Å²) in [7, 11) is 0. The van der Waals surface area contributed by atoms with Crippen LogP contribution in [0.3, 0.4) is 0 Å². The SMILES string of the molecule is SN1CCC2(CC1)CO2. The van der Waals surface area contributed by atoms with E-state index in [4.69, 9.17) is 4.74 Å². The Bertz CT molecular complexity index is 114. The fraction of sp³-hybridized carbons (Fsp3) is 1.00. The lowest BCUT2D eigenvalue weighted by Gasteiger charge is -2.25. The maximum atomic E-state index is 5.32. The molecule has 0 aromatic heterocycles. The van der Waals surface area contributed by atoms with Crippen LogP contribution >= 0.6 is 12.8 Å². The Morgan fingerprint density at radius 1 is 1.33 bits per heavy atom. The van der Waals surface area contributed by atoms with Crippen LogP contribution in [0.15, 0.2) is 0 Å². The maximum absolute atomic E-state index is 5.32. The smallest absolute Gasteiger partial charge is 0.0941 e. The minimum absolute atomic E-state index is 0.319. The van der Waals surface area contributed by atoms with E-state index in [1.165, 1.54) is 12.8 Å². The average Bonchev–Trinajstić information content (AvgIpc) is 2.60. The highest BCUT2D eigenvalue weighted by atomic mass is 32.1. The number of epoxide rings is 1. The molecule has 0 aliphatic carbocycles. The molecule has 2 nitrogen and oxygen atoms in total. The molecular weight excluding hydrogens is 134 g/mol. The van der Waals surface area contributed by atoms with E-state index in [9.17, 15) is 0 Å². The zero-order valence-corrected chi connectivity index (χ0v) is 6.23. The van der Waals surface area contributed by atoms with Crippen molar-refractivity contribution in [3.63, 3.8) is 0 Å². The molecule has 0 N–H and O–H groups in total. The van der Waals surface area contributed by atoms with E-state index in [0.717, 1.165) is 19.7 Å². The molecule has 0 saturated carbocycles. The van der Waals surface area contributed by atoms with E-state index in [1.807, 2.05) is 0 Å². The predicted octanol–water partition coefficient (Wildman–Crippen LogP) is 0.696. The molecule has 52 valence electrons. The average molecular weight is 145 g/mol. The van der Waals surface area contributed by atoms with Crippen molar-refractivity contribution in [2.45, 2.75) is 18.4 Å². The van der Waals surface area contributed by atoms with Gasteiger partial charge in [0.25, 0.3) is 0 Å². The standard InChI is InChI=1S/C6H11NOS/c9-7-3-1-6(2-4-7)5-8-6/h9H,1-5H2. The molecule has 2 aliphatic rings. The molecular formula is C6H11NOS. The normalized spacial score (nSPS) is 33.0. The Balaban J connectivity index is 1.91. The molecule has 0 amide bonds. The fourth-order valence-electron chi connectivity index (χ4n) is 1.29. The van der Waals surface area contributed by atoms with E-state index in [0.29, 0.717) is 5.60 Å². The Labute approximate surface area is 60.7 Å². The van der Waals surface area contributed by atoms with E-state index in [1.54, 1.807) is 0 Å². The van der Waals surface area contributed by atoms with E-state index < -0.39 is 0 Å². The highest BCUT2D eigenvalue weighted by Gasteiger charge is 2.46. The lowest BCUT2D eigenvalue weighted by molar-refractivity contribution is 0.210. The Morgan fingerprint density at radius 2 is 1.89 bits per heavy atom. The second-order valence-electron chi connectivity index (χ2n) is 2.93. The summed E-state index contributed by atoms with van der Waals surface area (Å²) in [5.74, 6) is 0. The van der Waals surface area contributed by atoms with Crippen LogP contribution in [-0.4, -0.2) is 29.6 Å². The first kappa shape index (κ1) is 6.01. The summed E-state index contributed by atoms with van der Waals surface area (Å²) in [5.41, 5.74) is 0.319. The van der Waals surface area contributed by atoms with Crippen LogP contribution in [0.2, 0.25) is 0 Å². The van der Waals surface area contributed by atoms with Crippen molar-refractivity contribution in [2.75, 3.05) is 19.7 Å². The zero-order valence-electron chi connectivity index (χ0n) is 5.34. The highest BCUT2D eigenvalue weighted by molar-refractivity contribution is 7.77. The van der Waals surface area contributed by atoms with Gasteiger partial charge in [0, 0.05) is 13.1 Å². The third-order valence-electron chi connectivity index (χ3n) is 2.20. The number of hydrogen-bond acceptors (Lipinski definition) is 3. The van der Waals surface area contributed by atoms with Crippen LogP contribution in [0.25, 0.3) is 0 Å². The number of ether oxygens (including phenoxy) is 1. The van der Waals surface area contributed by atoms with Crippen LogP contribution in [0.4, 0.5) is 0 Å². The molecule has 0 aromatic rings. The topological polar surface area (TPSA) is 15.8 Å². The van der Waals surface area contributed by atoms with Gasteiger partial charge in [0.05, 0.1) is 12.2 Å². The lowest BCUT2D eigenvalue weighted by Crippen LogP contribution is -2.31. The minimum atomic E-state index is 0.319. The number of hydrogen-bond donors (Lipinski definition) is 1. The largest absolute Gasteiger partial charge is 0.369 e. The number of rotatable bonds is 0. The Hall–Kier alpha value is 0.270. The fourth-order valence-corrected chi connectivity index (χ4v) is 1.49. The van der Waals surface area contributed by atoms with Crippen LogP contribution < -0.4 is 0 Å². The third-order valence-corrected chi connectivity index (χ3v) is 2.60. The molecule has 2 heterocycles. The van der Waals surface area contributed by atoms with Crippen molar-refractivity contribution in [1.82, 2.24) is 4.31 Å². The van der Waals surface area contributed by atoms with Gasteiger partial charge in [-0.25, -0.2) is 0 Å². The van der Waals surface area contributed by atoms with Gasteiger partial charge in [-0.1, -0.05) is 12.8 Å². The first-order chi connectivity index (χ1) is 4.31. The highest BCUT2D eigenvalue weighted by Crippen LogP contribution is 2.37. The van der Waals surface area contributed by atoms with E-state index in [-0.39, 0.29) is 0 Å². The molecule has 2 fully saturated rings. The summed E-state index contributed by atoms with van der Waals surface area (Å²) in [6.45, 7) is 3.17. The van der Waals surface area contributed by atoms with Gasteiger partial charge in [-0.05, 0) is 12.8 Å². The van der Waals surface area contributed by atoms with Gasteiger partial charge in [-0.3, -0.25) is 4.31 Å². The summed E-state index contributed by atoms with van der Waals surface area (Å²) in [6.07, 6.45) is 2.35. The monoisotopic (exact) mass is 145 g/mol. The molecule has 3 heteroatoms. The summed E-state index contributed by atoms with van der Waals surface area (Å²) in [4.78, 5) is 0. The van der Waals surface area contributed by atoms with Gasteiger partial charge < -0.3 is 4.74 Å². The Morgan fingerprint density at radius 3 is 2.33 bits per heavy atom. The number of piperidine rings is 1. The Kier molecular flexibility index (Phi) is 1.25. The predicted molar refractivity (Wildman–Crippen MR) is 38.5 cm³/mol. The molecule has 0 atom stereocenters. The summed E-state index contributed by atoms with van der Waals surface area (Å²) in [5, 5.41) is 0. The summed E-state index contributed by atoms with van der Waals surface area (Å²) in [6, 6.07) is 0. The summed E-state index contributed by atoms with van der Waals surface area (Å²) < 4.78 is 7.39. The van der Waals surface area contributed by atoms with Gasteiger partial charge in [0.2, 0.25) is 0 Å². The molecule has 2 saturated heterocycles. The number of thiol groups is 1. The van der Waals surface area contributed by atoms with Crippen LogP contribution in [0, 0.1) is 0 Å². The zero-order chi connectivity index (χ0) is 6.32. The third kappa shape index (κ3) is 1.09. The number of nitrogens with zero attached hydrogens (tertiary/aromatic N) is 1. The molecule has 0 aromatic carbocycles.